The monoisotopic (exact) mass is 176 g/mol. The van der Waals surface area contributed by atoms with E-state index in [0.29, 0.717) is 6.42 Å². The summed E-state index contributed by atoms with van der Waals surface area (Å²) in [5.41, 5.74) is 2.27. The average Bonchev–Trinajstić information content (AvgIpc) is 2.02. The molecule has 0 amide bonds. The Morgan fingerprint density at radius 1 is 1.46 bits per heavy atom. The summed E-state index contributed by atoms with van der Waals surface area (Å²) in [6.07, 6.45) is 0.496. The average molecular weight is 176 g/mol. The molecule has 1 aromatic rings. The summed E-state index contributed by atoms with van der Waals surface area (Å²) in [6.45, 7) is 4.04. The lowest BCUT2D eigenvalue weighted by Gasteiger charge is -2.21. The lowest BCUT2D eigenvalue weighted by molar-refractivity contribution is -0.135. The Kier molecular flexibility index (Phi) is 1.83. The van der Waals surface area contributed by atoms with Crippen molar-refractivity contribution in [1.29, 1.82) is 0 Å². The fourth-order valence-corrected chi connectivity index (χ4v) is 1.66. The van der Waals surface area contributed by atoms with Gasteiger partial charge in [0, 0.05) is 0 Å². The molecule has 0 saturated carbocycles. The number of benzene rings is 1. The van der Waals surface area contributed by atoms with Crippen molar-refractivity contribution in [2.45, 2.75) is 26.2 Å². The molecule has 13 heavy (non-hydrogen) atoms. The van der Waals surface area contributed by atoms with Crippen LogP contribution >= 0.6 is 0 Å². The van der Waals surface area contributed by atoms with E-state index < -0.39 is 0 Å². The quantitative estimate of drug-likeness (QED) is 0.448. The third kappa shape index (κ3) is 1.44. The molecule has 1 atom stereocenters. The van der Waals surface area contributed by atoms with Gasteiger partial charge in [0.1, 0.15) is 5.75 Å². The number of aryl methyl sites for hydroxylation is 1. The Morgan fingerprint density at radius 3 is 3.00 bits per heavy atom. The van der Waals surface area contributed by atoms with Gasteiger partial charge in [-0.2, -0.15) is 0 Å². The van der Waals surface area contributed by atoms with Crippen LogP contribution < -0.4 is 4.74 Å². The third-order valence-electron chi connectivity index (χ3n) is 2.40. The van der Waals surface area contributed by atoms with Gasteiger partial charge in [0.15, 0.2) is 0 Å². The lowest BCUT2D eigenvalue weighted by Crippen LogP contribution is -2.18. The van der Waals surface area contributed by atoms with Crippen molar-refractivity contribution in [2.75, 3.05) is 0 Å². The summed E-state index contributed by atoms with van der Waals surface area (Å²) in [6, 6.07) is 6.01. The van der Waals surface area contributed by atoms with Gasteiger partial charge in [-0.3, -0.25) is 4.79 Å². The van der Waals surface area contributed by atoms with E-state index in [4.69, 9.17) is 4.74 Å². The minimum absolute atomic E-state index is 0.120. The van der Waals surface area contributed by atoms with Crippen LogP contribution in [0.1, 0.15) is 30.4 Å². The highest BCUT2D eigenvalue weighted by molar-refractivity contribution is 5.76. The molecule has 0 unspecified atom stereocenters. The molecule has 0 aromatic heterocycles. The first kappa shape index (κ1) is 8.30. The second kappa shape index (κ2) is 2.87. The van der Waals surface area contributed by atoms with E-state index in [2.05, 4.69) is 13.0 Å². The molecule has 1 heterocycles. The zero-order chi connectivity index (χ0) is 9.42. The van der Waals surface area contributed by atoms with Crippen LogP contribution in [0.25, 0.3) is 0 Å². The maximum atomic E-state index is 11.1. The first-order valence-corrected chi connectivity index (χ1v) is 4.48. The molecule has 0 N–H and O–H groups in total. The maximum Gasteiger partial charge on any atom is 0.311 e. The lowest BCUT2D eigenvalue weighted by atomic mass is 9.94. The minimum atomic E-state index is -0.120. The van der Waals surface area contributed by atoms with Gasteiger partial charge in [-0.15, -0.1) is 0 Å². The second-order valence-electron chi connectivity index (χ2n) is 3.62. The van der Waals surface area contributed by atoms with Gasteiger partial charge in [0.05, 0.1) is 6.42 Å². The molecule has 0 aliphatic carbocycles. The summed E-state index contributed by atoms with van der Waals surface area (Å²) < 4.78 is 5.14. The van der Waals surface area contributed by atoms with Crippen molar-refractivity contribution in [1.82, 2.24) is 0 Å². The van der Waals surface area contributed by atoms with E-state index in [-0.39, 0.29) is 11.9 Å². The first-order valence-electron chi connectivity index (χ1n) is 4.48. The normalized spacial score (nSPS) is 20.8. The van der Waals surface area contributed by atoms with Gasteiger partial charge in [-0.05, 0) is 30.0 Å². The van der Waals surface area contributed by atoms with Crippen LogP contribution in [0.3, 0.4) is 0 Å². The van der Waals surface area contributed by atoms with E-state index in [0.717, 1.165) is 16.9 Å². The van der Waals surface area contributed by atoms with Gasteiger partial charge >= 0.3 is 5.97 Å². The van der Waals surface area contributed by atoms with Crippen LogP contribution in [-0.2, 0) is 4.79 Å². The third-order valence-corrected chi connectivity index (χ3v) is 2.40. The fourth-order valence-electron chi connectivity index (χ4n) is 1.66. The Balaban J connectivity index is 2.49. The number of fused-ring (bicyclic) bond motifs is 1. The second-order valence-corrected chi connectivity index (χ2v) is 3.62. The highest BCUT2D eigenvalue weighted by atomic mass is 16.5. The van der Waals surface area contributed by atoms with E-state index >= 15 is 0 Å². The number of carbonyl (C=O) groups excluding carboxylic acids is 1. The number of hydrogen-bond donors (Lipinski definition) is 0. The van der Waals surface area contributed by atoms with Gasteiger partial charge in [-0.25, -0.2) is 0 Å². The van der Waals surface area contributed by atoms with Crippen LogP contribution in [0.5, 0.6) is 5.75 Å². The predicted molar refractivity (Wildman–Crippen MR) is 49.8 cm³/mol. The highest BCUT2D eigenvalue weighted by Crippen LogP contribution is 2.34. The largest absolute Gasteiger partial charge is 0.426 e. The summed E-state index contributed by atoms with van der Waals surface area (Å²) >= 11 is 0. The van der Waals surface area contributed by atoms with Crippen LogP contribution in [0.4, 0.5) is 0 Å². The minimum Gasteiger partial charge on any atom is -0.426 e. The molecule has 68 valence electrons. The molecule has 1 aliphatic heterocycles. The Hall–Kier alpha value is -1.31. The number of ether oxygens (including phenoxy) is 1. The molecule has 2 rings (SSSR count). The van der Waals surface area contributed by atoms with Crippen LogP contribution in [0.15, 0.2) is 18.2 Å². The number of esters is 1. The van der Waals surface area contributed by atoms with Crippen molar-refractivity contribution < 1.29 is 9.53 Å². The molecule has 0 fully saturated rings. The molecule has 0 saturated heterocycles. The molecule has 0 bridgehead atoms. The Bertz CT molecular complexity index is 355. The molecule has 2 heteroatoms. The smallest absolute Gasteiger partial charge is 0.311 e. The Morgan fingerprint density at radius 2 is 2.23 bits per heavy atom. The van der Waals surface area contributed by atoms with Crippen LogP contribution in [-0.4, -0.2) is 5.97 Å². The van der Waals surface area contributed by atoms with E-state index in [1.807, 2.05) is 19.1 Å². The van der Waals surface area contributed by atoms with Crippen molar-refractivity contribution in [3.8, 4) is 5.75 Å². The maximum absolute atomic E-state index is 11.1. The highest BCUT2D eigenvalue weighted by Gasteiger charge is 2.23. The van der Waals surface area contributed by atoms with Crippen LogP contribution in [0, 0.1) is 6.92 Å². The van der Waals surface area contributed by atoms with Gasteiger partial charge in [-0.1, -0.05) is 19.1 Å². The zero-order valence-corrected chi connectivity index (χ0v) is 7.83. The molecular weight excluding hydrogens is 164 g/mol. The van der Waals surface area contributed by atoms with Crippen molar-refractivity contribution in [3.63, 3.8) is 0 Å². The van der Waals surface area contributed by atoms with Gasteiger partial charge in [0.25, 0.3) is 0 Å². The standard InChI is InChI=1S/C11H12O2/c1-7-3-4-9-8(2)6-11(12)13-10(9)5-7/h3-5,8H,6H2,1-2H3/t8-/m0/s1. The topological polar surface area (TPSA) is 26.3 Å². The molecular formula is C11H12O2. The predicted octanol–water partition coefficient (Wildman–Crippen LogP) is 2.41. The van der Waals surface area contributed by atoms with E-state index in [1.165, 1.54) is 0 Å². The first-order chi connectivity index (χ1) is 6.16. The SMILES string of the molecule is Cc1ccc2c(c1)OC(=O)C[C@@H]2C. The van der Waals surface area contributed by atoms with Crippen molar-refractivity contribution in [3.05, 3.63) is 29.3 Å². The van der Waals surface area contributed by atoms with E-state index in [1.54, 1.807) is 0 Å². The fraction of sp³-hybridized carbons (Fsp3) is 0.364. The van der Waals surface area contributed by atoms with Crippen LogP contribution in [0.2, 0.25) is 0 Å². The number of hydrogen-bond acceptors (Lipinski definition) is 2. The Labute approximate surface area is 77.5 Å². The summed E-state index contributed by atoms with van der Waals surface area (Å²) in [7, 11) is 0. The summed E-state index contributed by atoms with van der Waals surface area (Å²) in [5, 5.41) is 0. The molecule has 0 radical (unpaired) electrons. The van der Waals surface area contributed by atoms with Gasteiger partial charge < -0.3 is 4.74 Å². The zero-order valence-electron chi connectivity index (χ0n) is 7.83. The number of rotatable bonds is 0. The van der Waals surface area contributed by atoms with Crippen molar-refractivity contribution in [2.24, 2.45) is 0 Å². The summed E-state index contributed by atoms with van der Waals surface area (Å²) in [5.74, 6) is 0.909. The molecule has 1 aromatic carbocycles. The molecule has 2 nitrogen and oxygen atoms in total. The molecule has 1 aliphatic rings. The van der Waals surface area contributed by atoms with E-state index in [9.17, 15) is 4.79 Å². The summed E-state index contributed by atoms with van der Waals surface area (Å²) in [4.78, 5) is 11.1. The van der Waals surface area contributed by atoms with Crippen molar-refractivity contribution >= 4 is 5.97 Å². The molecule has 0 spiro atoms. The van der Waals surface area contributed by atoms with Gasteiger partial charge in [0.2, 0.25) is 0 Å². The number of carbonyl (C=O) groups is 1.